The molecule has 0 saturated carbocycles. The second kappa shape index (κ2) is 3.28. The van der Waals surface area contributed by atoms with Gasteiger partial charge < -0.3 is 4.42 Å². The summed E-state index contributed by atoms with van der Waals surface area (Å²) < 4.78 is 5.70. The van der Waals surface area contributed by atoms with Crippen LogP contribution in [0.1, 0.15) is 0 Å². The molecule has 0 aliphatic heterocycles. The first-order valence-corrected chi connectivity index (χ1v) is 4.90. The van der Waals surface area contributed by atoms with Crippen molar-refractivity contribution in [3.8, 4) is 11.3 Å². The molecule has 71 valence electrons. The van der Waals surface area contributed by atoms with Gasteiger partial charge in [0.2, 0.25) is 0 Å². The smallest absolute Gasteiger partial charge is 0.143 e. The number of furan rings is 1. The minimum absolute atomic E-state index is 0.803. The molecule has 3 aromatic rings. The first kappa shape index (κ1) is 8.30. The summed E-state index contributed by atoms with van der Waals surface area (Å²) in [6.45, 7) is 0. The molecule has 0 bridgehead atoms. The highest BCUT2D eigenvalue weighted by molar-refractivity contribution is 5.81. The summed E-state index contributed by atoms with van der Waals surface area (Å²) in [6.07, 6.45) is 0. The molecule has 0 unspecified atom stereocenters. The summed E-state index contributed by atoms with van der Waals surface area (Å²) in [5.74, 6) is 0.803. The molecule has 1 heterocycles. The highest BCUT2D eigenvalue weighted by Crippen LogP contribution is 2.26. The van der Waals surface area contributed by atoms with Gasteiger partial charge in [-0.05, 0) is 6.07 Å². The van der Waals surface area contributed by atoms with Gasteiger partial charge in [0, 0.05) is 17.0 Å². The van der Waals surface area contributed by atoms with Crippen LogP contribution in [0, 0.1) is 6.07 Å². The Morgan fingerprint density at radius 3 is 2.33 bits per heavy atom. The van der Waals surface area contributed by atoms with E-state index in [1.54, 1.807) is 0 Å². The van der Waals surface area contributed by atoms with Crippen LogP contribution in [0.4, 0.5) is 0 Å². The van der Waals surface area contributed by atoms with Crippen molar-refractivity contribution in [1.29, 1.82) is 0 Å². The van der Waals surface area contributed by atoms with Gasteiger partial charge in [0.25, 0.3) is 0 Å². The molecular weight excluding hydrogens is 184 g/mol. The first-order valence-electron chi connectivity index (χ1n) is 4.90. The average Bonchev–Trinajstić information content (AvgIpc) is 2.74. The van der Waals surface area contributed by atoms with Crippen molar-refractivity contribution in [1.82, 2.24) is 0 Å². The maximum Gasteiger partial charge on any atom is 0.143 e. The van der Waals surface area contributed by atoms with Crippen LogP contribution in [-0.4, -0.2) is 0 Å². The average molecular weight is 193 g/mol. The SMILES string of the molecule is [c]1c(-c2ccccc2)oc2ccccc12. The molecule has 1 radical (unpaired) electrons. The van der Waals surface area contributed by atoms with Crippen molar-refractivity contribution >= 4 is 11.0 Å². The van der Waals surface area contributed by atoms with Crippen molar-refractivity contribution in [2.45, 2.75) is 0 Å². The molecule has 0 fully saturated rings. The predicted molar refractivity (Wildman–Crippen MR) is 60.5 cm³/mol. The molecule has 0 saturated heterocycles. The van der Waals surface area contributed by atoms with Gasteiger partial charge >= 0.3 is 0 Å². The molecule has 0 atom stereocenters. The van der Waals surface area contributed by atoms with Crippen LogP contribution >= 0.6 is 0 Å². The van der Waals surface area contributed by atoms with E-state index in [-0.39, 0.29) is 0 Å². The summed E-state index contributed by atoms with van der Waals surface area (Å²) in [6, 6.07) is 21.2. The van der Waals surface area contributed by atoms with Crippen LogP contribution in [-0.2, 0) is 0 Å². The van der Waals surface area contributed by atoms with E-state index < -0.39 is 0 Å². The molecule has 0 aliphatic carbocycles. The Morgan fingerprint density at radius 2 is 1.53 bits per heavy atom. The van der Waals surface area contributed by atoms with E-state index in [0.717, 1.165) is 22.3 Å². The molecular formula is C14H9O. The normalized spacial score (nSPS) is 10.7. The highest BCUT2D eigenvalue weighted by Gasteiger charge is 2.04. The largest absolute Gasteiger partial charge is 0.455 e. The van der Waals surface area contributed by atoms with Crippen molar-refractivity contribution in [2.24, 2.45) is 0 Å². The van der Waals surface area contributed by atoms with Crippen LogP contribution in [0.25, 0.3) is 22.3 Å². The molecule has 1 nitrogen and oxygen atoms in total. The van der Waals surface area contributed by atoms with Gasteiger partial charge in [-0.2, -0.15) is 0 Å². The summed E-state index contributed by atoms with van der Waals surface area (Å²) in [7, 11) is 0. The molecule has 3 rings (SSSR count). The third-order valence-electron chi connectivity index (χ3n) is 2.38. The molecule has 0 spiro atoms. The highest BCUT2D eigenvalue weighted by atomic mass is 16.3. The maximum atomic E-state index is 5.70. The van der Waals surface area contributed by atoms with Gasteiger partial charge in [-0.1, -0.05) is 48.5 Å². The molecule has 1 aromatic heterocycles. The van der Waals surface area contributed by atoms with Crippen LogP contribution in [0.3, 0.4) is 0 Å². The molecule has 2 aromatic carbocycles. The lowest BCUT2D eigenvalue weighted by atomic mass is 10.1. The Bertz CT molecular complexity index is 545. The third kappa shape index (κ3) is 1.42. The fourth-order valence-corrected chi connectivity index (χ4v) is 1.64. The lowest BCUT2D eigenvalue weighted by Gasteiger charge is -1.92. The molecule has 0 N–H and O–H groups in total. The number of hydrogen-bond acceptors (Lipinski definition) is 1. The van der Waals surface area contributed by atoms with E-state index in [1.165, 1.54) is 0 Å². The van der Waals surface area contributed by atoms with Gasteiger partial charge in [-0.3, -0.25) is 0 Å². The van der Waals surface area contributed by atoms with Crippen molar-refractivity contribution in [3.63, 3.8) is 0 Å². The number of benzene rings is 2. The zero-order valence-corrected chi connectivity index (χ0v) is 8.10. The Balaban J connectivity index is 2.21. The van der Waals surface area contributed by atoms with E-state index in [2.05, 4.69) is 6.07 Å². The lowest BCUT2D eigenvalue weighted by Crippen LogP contribution is -1.69. The maximum absolute atomic E-state index is 5.70. The first-order chi connectivity index (χ1) is 7.43. The third-order valence-corrected chi connectivity index (χ3v) is 2.38. The molecule has 0 aliphatic rings. The molecule has 15 heavy (non-hydrogen) atoms. The van der Waals surface area contributed by atoms with Gasteiger partial charge in [0.15, 0.2) is 0 Å². The van der Waals surface area contributed by atoms with Crippen molar-refractivity contribution < 1.29 is 4.42 Å². The Morgan fingerprint density at radius 1 is 0.800 bits per heavy atom. The van der Waals surface area contributed by atoms with Gasteiger partial charge in [-0.25, -0.2) is 0 Å². The van der Waals surface area contributed by atoms with Gasteiger partial charge in [-0.15, -0.1) is 0 Å². The van der Waals surface area contributed by atoms with E-state index in [1.807, 2.05) is 54.6 Å². The standard InChI is InChI=1S/C14H9O/c1-2-6-11(7-3-1)14-10-12-8-4-5-9-13(12)15-14/h1-9H. The quantitative estimate of drug-likeness (QED) is 0.571. The summed E-state index contributed by atoms with van der Waals surface area (Å²) >= 11 is 0. The second-order valence-electron chi connectivity index (χ2n) is 3.42. The van der Waals surface area contributed by atoms with Crippen molar-refractivity contribution in [3.05, 3.63) is 60.7 Å². The van der Waals surface area contributed by atoms with E-state index in [0.29, 0.717) is 0 Å². The monoisotopic (exact) mass is 193 g/mol. The fourth-order valence-electron chi connectivity index (χ4n) is 1.64. The summed E-state index contributed by atoms with van der Waals surface area (Å²) in [5.41, 5.74) is 1.95. The Hall–Kier alpha value is -2.02. The number of rotatable bonds is 1. The van der Waals surface area contributed by atoms with Gasteiger partial charge in [0.1, 0.15) is 11.3 Å². The van der Waals surface area contributed by atoms with Crippen molar-refractivity contribution in [2.75, 3.05) is 0 Å². The minimum atomic E-state index is 0.803. The van der Waals surface area contributed by atoms with Crippen LogP contribution < -0.4 is 0 Å². The van der Waals surface area contributed by atoms with Crippen LogP contribution in [0.5, 0.6) is 0 Å². The van der Waals surface area contributed by atoms with E-state index >= 15 is 0 Å². The summed E-state index contributed by atoms with van der Waals surface area (Å²) in [4.78, 5) is 0. The van der Waals surface area contributed by atoms with Crippen LogP contribution in [0.15, 0.2) is 59.0 Å². The topological polar surface area (TPSA) is 13.1 Å². The summed E-state index contributed by atoms with van der Waals surface area (Å²) in [5, 5.41) is 1.02. The Kier molecular flexibility index (Phi) is 1.82. The zero-order valence-electron chi connectivity index (χ0n) is 8.10. The predicted octanol–water partition coefficient (Wildman–Crippen LogP) is 3.90. The van der Waals surface area contributed by atoms with Crippen LogP contribution in [0.2, 0.25) is 0 Å². The van der Waals surface area contributed by atoms with E-state index in [9.17, 15) is 0 Å². The molecule has 0 amide bonds. The number of fused-ring (bicyclic) bond motifs is 1. The molecule has 1 heteroatoms. The van der Waals surface area contributed by atoms with E-state index in [4.69, 9.17) is 4.42 Å². The van der Waals surface area contributed by atoms with Gasteiger partial charge in [0.05, 0.1) is 0 Å². The second-order valence-corrected chi connectivity index (χ2v) is 3.42. The minimum Gasteiger partial charge on any atom is -0.455 e. The number of hydrogen-bond donors (Lipinski definition) is 0. The Labute approximate surface area is 88.0 Å². The number of para-hydroxylation sites is 1. The lowest BCUT2D eigenvalue weighted by molar-refractivity contribution is 0.631. The zero-order chi connectivity index (χ0) is 10.1. The fraction of sp³-hybridized carbons (Fsp3) is 0.